The highest BCUT2D eigenvalue weighted by Crippen LogP contribution is 2.17. The first kappa shape index (κ1) is 126. The Morgan fingerprint density at radius 2 is 0.365 bits per heavy atom. The fraction of sp³-hybridized carbons (Fsp3) is 1.00. The summed E-state index contributed by atoms with van der Waals surface area (Å²) in [6.07, 6.45) is 32.0. The van der Waals surface area contributed by atoms with Crippen molar-refractivity contribution in [2.45, 2.75) is 486 Å². The lowest BCUT2D eigenvalue weighted by atomic mass is 9.94. The van der Waals surface area contributed by atoms with Crippen molar-refractivity contribution in [1.29, 1.82) is 0 Å². The van der Waals surface area contributed by atoms with E-state index in [1.54, 1.807) is 0 Å². The molecule has 0 aliphatic heterocycles. The Kier molecular flexibility index (Phi) is 165. The molecule has 0 atom stereocenters. The van der Waals surface area contributed by atoms with Gasteiger partial charge >= 0.3 is 0 Å². The molecule has 0 aromatic heterocycles. The minimum Gasteiger partial charge on any atom is -0.0656 e. The SMILES string of the molecule is CC(C)(C)C.CC(C)C.CC(C)C(C)C.CCC.CCC(C)(C)C.CCC(C)(C)C.CCC(C)C.CCC(C)C.CCC(C)CC.CCC(C)CC.CCC(C)CC.CCCC.CCCC(C)C.CCCC(C)C.CCCCC.CCCCCC. The summed E-state index contributed by atoms with van der Waals surface area (Å²) in [5.74, 6) is 8.91. The summed E-state index contributed by atoms with van der Waals surface area (Å²) in [4.78, 5) is 0. The summed E-state index contributed by atoms with van der Waals surface area (Å²) in [7, 11) is 0. The second-order valence-electron chi connectivity index (χ2n) is 31.6. The van der Waals surface area contributed by atoms with E-state index >= 15 is 0 Å². The summed E-state index contributed by atoms with van der Waals surface area (Å²) in [6.45, 7) is 107. The fourth-order valence-corrected chi connectivity index (χ4v) is 2.87. The van der Waals surface area contributed by atoms with Crippen LogP contribution in [0.15, 0.2) is 0 Å². The lowest BCUT2D eigenvalue weighted by Gasteiger charge is -2.12. The van der Waals surface area contributed by atoms with Gasteiger partial charge in [-0.25, -0.2) is 0 Å². The Hall–Kier alpha value is 0. The van der Waals surface area contributed by atoms with Gasteiger partial charge in [-0.15, -0.1) is 0 Å². The van der Waals surface area contributed by atoms with Crippen LogP contribution in [0.4, 0.5) is 0 Å². The molecule has 0 rings (SSSR count). The molecule has 0 spiro atoms. The highest BCUT2D eigenvalue weighted by molar-refractivity contribution is 4.56. The highest BCUT2D eigenvalue weighted by Gasteiger charge is 2.04. The molecule has 0 saturated carbocycles. The first-order valence-corrected chi connectivity index (χ1v) is 38.7. The molecule has 0 unspecified atom stereocenters. The summed E-state index contributed by atoms with van der Waals surface area (Å²) in [6, 6.07) is 0. The van der Waals surface area contributed by atoms with Crippen molar-refractivity contribution in [1.82, 2.24) is 0 Å². The molecule has 0 aromatic carbocycles. The summed E-state index contributed by atoms with van der Waals surface area (Å²) >= 11 is 0. The third-order valence-corrected chi connectivity index (χ3v) is 13.2. The van der Waals surface area contributed by atoms with E-state index in [2.05, 4.69) is 332 Å². The molecule has 0 N–H and O–H groups in total. The zero-order valence-electron chi connectivity index (χ0n) is 72.2. The Bertz CT molecular complexity index is 755. The molecule has 0 bridgehead atoms. The van der Waals surface area contributed by atoms with Gasteiger partial charge in [-0.1, -0.05) is 486 Å². The van der Waals surface area contributed by atoms with Crippen molar-refractivity contribution in [3.05, 3.63) is 0 Å². The summed E-state index contributed by atoms with van der Waals surface area (Å²) < 4.78 is 0. The van der Waals surface area contributed by atoms with E-state index in [-0.39, 0.29) is 0 Å². The molecular formula is C85H202. The van der Waals surface area contributed by atoms with Crippen LogP contribution >= 0.6 is 0 Å². The third-order valence-electron chi connectivity index (χ3n) is 13.2. The normalized spacial score (nSPS) is 9.95. The average molecular weight is 1220 g/mol. The van der Waals surface area contributed by atoms with Crippen LogP contribution in [0.3, 0.4) is 0 Å². The van der Waals surface area contributed by atoms with Crippen LogP contribution in [0.2, 0.25) is 0 Å². The van der Waals surface area contributed by atoms with Gasteiger partial charge in [-0.3, -0.25) is 0 Å². The van der Waals surface area contributed by atoms with Gasteiger partial charge in [0.2, 0.25) is 0 Å². The first-order valence-electron chi connectivity index (χ1n) is 38.7. The smallest absolute Gasteiger partial charge is 0.0385 e. The highest BCUT2D eigenvalue weighted by atomic mass is 14.1. The standard InChI is InChI=1S/9C6H14.4C5H12.2C4H10.C3H8/c2*1-5-6(2,3)4;1-5(2)6(3)4;2*1-4-5-6(2)3;3*1-4-6(3)5-2;1-3-5-6-4-2;1-5(2,3)4;2*1-4-5(2)3;1-3-5-4-2;1-4(2)3;1-3-4-2;1-3-2/h2*5H2,1-4H3;5-6H,1-4H3;5*6H,4-5H2,1-3H3;3-6H2,1-2H3;1-4H3;2*5H,4H2,1-3H3;3-5H2,1-2H3;4H,1-3H3;3-4H2,1-2H3;3H2,1-2H3. The van der Waals surface area contributed by atoms with E-state index in [4.69, 9.17) is 0 Å². The van der Waals surface area contributed by atoms with Crippen LogP contribution in [-0.2, 0) is 0 Å². The predicted octanol–water partition coefficient (Wildman–Crippen LogP) is 35.2. The average Bonchev–Trinajstić information content (AvgIpc) is 3.40. The van der Waals surface area contributed by atoms with Crippen LogP contribution in [0.25, 0.3) is 0 Å². The molecule has 0 heterocycles. The number of hydrogen-bond acceptors (Lipinski definition) is 0. The molecule has 0 aliphatic carbocycles. The Morgan fingerprint density at radius 1 is 0.224 bits per heavy atom. The number of hydrogen-bond donors (Lipinski definition) is 0. The van der Waals surface area contributed by atoms with Crippen LogP contribution in [0.1, 0.15) is 486 Å². The van der Waals surface area contributed by atoms with Crippen LogP contribution in [-0.4, -0.2) is 0 Å². The van der Waals surface area contributed by atoms with Crippen LogP contribution in [0.5, 0.6) is 0 Å². The van der Waals surface area contributed by atoms with Gasteiger partial charge in [0.15, 0.2) is 0 Å². The zero-order chi connectivity index (χ0) is 72.2. The van der Waals surface area contributed by atoms with E-state index in [0.717, 1.165) is 59.2 Å². The second kappa shape index (κ2) is 112. The first-order chi connectivity index (χ1) is 38.7. The molecule has 0 saturated heterocycles. The molecular weight excluding hydrogens is 1020 g/mol. The van der Waals surface area contributed by atoms with E-state index < -0.39 is 0 Å². The second-order valence-corrected chi connectivity index (χ2v) is 31.6. The van der Waals surface area contributed by atoms with Crippen molar-refractivity contribution < 1.29 is 0 Å². The van der Waals surface area contributed by atoms with Crippen molar-refractivity contribution in [3.63, 3.8) is 0 Å². The van der Waals surface area contributed by atoms with Crippen molar-refractivity contribution in [3.8, 4) is 0 Å². The maximum absolute atomic E-state index is 2.28. The summed E-state index contributed by atoms with van der Waals surface area (Å²) in [5.41, 5.74) is 1.58. The van der Waals surface area contributed by atoms with Crippen molar-refractivity contribution in [2.24, 2.45) is 75.4 Å². The fourth-order valence-electron chi connectivity index (χ4n) is 2.87. The quantitative estimate of drug-likeness (QED) is 0.113. The van der Waals surface area contributed by atoms with Gasteiger partial charge in [-0.2, -0.15) is 0 Å². The van der Waals surface area contributed by atoms with Crippen molar-refractivity contribution in [2.75, 3.05) is 0 Å². The van der Waals surface area contributed by atoms with Gasteiger partial charge in [-0.05, 0) is 75.4 Å². The monoisotopic (exact) mass is 1220 g/mol. The molecule has 85 heavy (non-hydrogen) atoms. The molecule has 0 nitrogen and oxygen atoms in total. The van der Waals surface area contributed by atoms with Gasteiger partial charge in [0.25, 0.3) is 0 Å². The van der Waals surface area contributed by atoms with E-state index in [0.29, 0.717) is 16.2 Å². The van der Waals surface area contributed by atoms with Crippen LogP contribution < -0.4 is 0 Å². The van der Waals surface area contributed by atoms with Gasteiger partial charge in [0.05, 0.1) is 0 Å². The van der Waals surface area contributed by atoms with Gasteiger partial charge in [0, 0.05) is 0 Å². The minimum absolute atomic E-state index is 0.500. The maximum Gasteiger partial charge on any atom is -0.0385 e. The topological polar surface area (TPSA) is 0 Å². The molecule has 0 radical (unpaired) electrons. The minimum atomic E-state index is 0.500. The summed E-state index contributed by atoms with van der Waals surface area (Å²) in [5, 5.41) is 0. The largest absolute Gasteiger partial charge is 0.0656 e. The molecule has 0 aliphatic rings. The lowest BCUT2D eigenvalue weighted by molar-refractivity contribution is 0.397. The Balaban J connectivity index is -0.0000000428. The molecule has 542 valence electrons. The molecule has 0 heteroatoms. The maximum atomic E-state index is 2.28. The van der Waals surface area contributed by atoms with E-state index in [9.17, 15) is 0 Å². The lowest BCUT2D eigenvalue weighted by Crippen LogP contribution is -2.00. The van der Waals surface area contributed by atoms with Gasteiger partial charge < -0.3 is 0 Å². The number of unbranched alkanes of at least 4 members (excludes halogenated alkanes) is 6. The molecule has 0 amide bonds. The third kappa shape index (κ3) is 391. The van der Waals surface area contributed by atoms with Crippen molar-refractivity contribution >= 4 is 0 Å². The number of rotatable bonds is 19. The van der Waals surface area contributed by atoms with Gasteiger partial charge in [0.1, 0.15) is 0 Å². The van der Waals surface area contributed by atoms with E-state index in [1.165, 1.54) is 154 Å². The predicted molar refractivity (Wildman–Crippen MR) is 425 cm³/mol. The Morgan fingerprint density at radius 3 is 0.376 bits per heavy atom. The van der Waals surface area contributed by atoms with E-state index in [1.807, 2.05) is 0 Å². The molecule has 0 fully saturated rings. The zero-order valence-corrected chi connectivity index (χ0v) is 72.2. The molecule has 0 aromatic rings. The Labute approximate surface area is 558 Å². The van der Waals surface area contributed by atoms with Crippen LogP contribution in [0, 0.1) is 75.4 Å².